The lowest BCUT2D eigenvalue weighted by Crippen LogP contribution is -2.15. The minimum atomic E-state index is -0.408. The number of nitrogens with zero attached hydrogens (tertiary/aromatic N) is 3. The molecule has 0 spiro atoms. The van der Waals surface area contributed by atoms with Crippen molar-refractivity contribution in [2.75, 3.05) is 27.4 Å². The van der Waals surface area contributed by atoms with E-state index in [-0.39, 0.29) is 18.4 Å². The van der Waals surface area contributed by atoms with Crippen LogP contribution in [-0.2, 0) is 4.74 Å². The van der Waals surface area contributed by atoms with Gasteiger partial charge in [-0.2, -0.15) is 9.67 Å². The van der Waals surface area contributed by atoms with Crippen LogP contribution in [0.4, 0.5) is 0 Å². The van der Waals surface area contributed by atoms with E-state index in [1.165, 1.54) is 7.11 Å². The van der Waals surface area contributed by atoms with Crippen LogP contribution in [0.1, 0.15) is 10.4 Å². The topological polar surface area (TPSA) is 75.5 Å². The summed E-state index contributed by atoms with van der Waals surface area (Å²) in [6.07, 6.45) is 0. The van der Waals surface area contributed by atoms with Gasteiger partial charge in [-0.3, -0.25) is 4.79 Å². The molecule has 0 aliphatic carbocycles. The van der Waals surface area contributed by atoms with E-state index in [1.807, 2.05) is 0 Å². The fraction of sp³-hybridized carbons (Fsp3) is 0.211. The molecule has 0 aliphatic heterocycles. The first kappa shape index (κ1) is 20.1. The zero-order valence-electron chi connectivity index (χ0n) is 15.2. The number of hydrogen-bond donors (Lipinski definition) is 0. The Hall–Kier alpha value is -2.61. The van der Waals surface area contributed by atoms with Crippen molar-refractivity contribution in [1.82, 2.24) is 14.8 Å². The number of benzene rings is 2. The summed E-state index contributed by atoms with van der Waals surface area (Å²) in [7, 11) is 3.08. The Kier molecular flexibility index (Phi) is 6.51. The number of rotatable bonds is 7. The molecule has 2 aromatic carbocycles. The van der Waals surface area contributed by atoms with Gasteiger partial charge in [-0.15, -0.1) is 5.10 Å². The van der Waals surface area contributed by atoms with Crippen LogP contribution >= 0.6 is 23.2 Å². The Labute approximate surface area is 171 Å². The third kappa shape index (κ3) is 4.44. The van der Waals surface area contributed by atoms with E-state index >= 15 is 0 Å². The maximum Gasteiger partial charge on any atom is 0.336 e. The molecule has 0 saturated heterocycles. The predicted molar refractivity (Wildman–Crippen MR) is 106 cm³/mol. The second-order valence-corrected chi connectivity index (χ2v) is 6.48. The van der Waals surface area contributed by atoms with Crippen LogP contribution in [0.3, 0.4) is 0 Å². The van der Waals surface area contributed by atoms with E-state index in [0.29, 0.717) is 33.5 Å². The minimum Gasteiger partial charge on any atom is -0.497 e. The standard InChI is InChI=1S/C19H17Cl2N3O4/c1-26-8-9-28-19-22-17(15-7-6-13(20)11-16(15)21)24(23-19)18(25)12-4-3-5-14(10-12)27-2/h3-7,10-11H,8-9H2,1-2H3. The van der Waals surface area contributed by atoms with Crippen molar-refractivity contribution in [3.8, 4) is 23.1 Å². The molecule has 0 amide bonds. The van der Waals surface area contributed by atoms with Crippen LogP contribution in [0.25, 0.3) is 11.4 Å². The molecule has 3 aromatic rings. The van der Waals surface area contributed by atoms with E-state index in [0.717, 1.165) is 4.68 Å². The fourth-order valence-corrected chi connectivity index (χ4v) is 2.93. The third-order valence-corrected chi connectivity index (χ3v) is 4.34. The van der Waals surface area contributed by atoms with Crippen molar-refractivity contribution in [2.24, 2.45) is 0 Å². The Morgan fingerprint density at radius 1 is 1.11 bits per heavy atom. The highest BCUT2D eigenvalue weighted by atomic mass is 35.5. The number of hydrogen-bond acceptors (Lipinski definition) is 6. The average Bonchev–Trinajstić information content (AvgIpc) is 3.11. The smallest absolute Gasteiger partial charge is 0.336 e. The number of ether oxygens (including phenoxy) is 3. The van der Waals surface area contributed by atoms with Crippen LogP contribution < -0.4 is 9.47 Å². The molecule has 7 nitrogen and oxygen atoms in total. The van der Waals surface area contributed by atoms with Crippen molar-refractivity contribution in [2.45, 2.75) is 0 Å². The van der Waals surface area contributed by atoms with E-state index in [9.17, 15) is 4.79 Å². The second kappa shape index (κ2) is 9.05. The monoisotopic (exact) mass is 421 g/mol. The predicted octanol–water partition coefficient (Wildman–Crippen LogP) is 3.97. The van der Waals surface area contributed by atoms with Gasteiger partial charge in [-0.25, -0.2) is 0 Å². The SMILES string of the molecule is COCCOc1nc(-c2ccc(Cl)cc2Cl)n(C(=O)c2cccc(OC)c2)n1. The summed E-state index contributed by atoms with van der Waals surface area (Å²) >= 11 is 12.3. The fourth-order valence-electron chi connectivity index (χ4n) is 2.44. The molecular weight excluding hydrogens is 405 g/mol. The Morgan fingerprint density at radius 2 is 1.93 bits per heavy atom. The van der Waals surface area contributed by atoms with Gasteiger partial charge in [0.1, 0.15) is 12.4 Å². The lowest BCUT2D eigenvalue weighted by Gasteiger charge is -2.07. The van der Waals surface area contributed by atoms with Crippen molar-refractivity contribution < 1.29 is 19.0 Å². The molecule has 3 rings (SSSR count). The maximum atomic E-state index is 13.1. The van der Waals surface area contributed by atoms with Gasteiger partial charge in [-0.1, -0.05) is 29.3 Å². The number of carbonyl (C=O) groups excluding carboxylic acids is 1. The van der Waals surface area contributed by atoms with Gasteiger partial charge in [0.2, 0.25) is 0 Å². The highest BCUT2D eigenvalue weighted by Crippen LogP contribution is 2.30. The number of halogens is 2. The zero-order valence-corrected chi connectivity index (χ0v) is 16.7. The number of methoxy groups -OCH3 is 2. The van der Waals surface area contributed by atoms with E-state index in [2.05, 4.69) is 10.1 Å². The summed E-state index contributed by atoms with van der Waals surface area (Å²) in [5, 5.41) is 5.00. The summed E-state index contributed by atoms with van der Waals surface area (Å²) < 4.78 is 16.8. The summed E-state index contributed by atoms with van der Waals surface area (Å²) in [5.41, 5.74) is 0.871. The molecule has 0 bridgehead atoms. The average molecular weight is 422 g/mol. The lowest BCUT2D eigenvalue weighted by atomic mass is 10.2. The Morgan fingerprint density at radius 3 is 2.64 bits per heavy atom. The van der Waals surface area contributed by atoms with Crippen LogP contribution in [-0.4, -0.2) is 48.1 Å². The van der Waals surface area contributed by atoms with Gasteiger partial charge in [0.25, 0.3) is 5.91 Å². The van der Waals surface area contributed by atoms with Crippen LogP contribution in [0, 0.1) is 0 Å². The first-order chi connectivity index (χ1) is 13.5. The highest BCUT2D eigenvalue weighted by molar-refractivity contribution is 6.36. The highest BCUT2D eigenvalue weighted by Gasteiger charge is 2.22. The molecule has 0 radical (unpaired) electrons. The Bertz CT molecular complexity index is 991. The molecule has 1 heterocycles. The quantitative estimate of drug-likeness (QED) is 0.537. The number of carbonyl (C=O) groups is 1. The molecule has 0 saturated carbocycles. The maximum absolute atomic E-state index is 13.1. The molecule has 1 aromatic heterocycles. The molecular formula is C19H17Cl2N3O4. The molecule has 0 fully saturated rings. The van der Waals surface area contributed by atoms with Crippen LogP contribution in [0.2, 0.25) is 10.0 Å². The third-order valence-electron chi connectivity index (χ3n) is 3.79. The minimum absolute atomic E-state index is 0.0364. The Balaban J connectivity index is 2.05. The van der Waals surface area contributed by atoms with Gasteiger partial charge < -0.3 is 14.2 Å². The molecule has 0 unspecified atom stereocenters. The van der Waals surface area contributed by atoms with Gasteiger partial charge in [-0.05, 0) is 36.4 Å². The molecule has 146 valence electrons. The molecule has 28 heavy (non-hydrogen) atoms. The normalized spacial score (nSPS) is 10.7. The van der Waals surface area contributed by atoms with Gasteiger partial charge >= 0.3 is 6.01 Å². The first-order valence-electron chi connectivity index (χ1n) is 8.26. The van der Waals surface area contributed by atoms with Gasteiger partial charge in [0.15, 0.2) is 5.82 Å². The first-order valence-corrected chi connectivity index (χ1v) is 9.02. The lowest BCUT2D eigenvalue weighted by molar-refractivity contribution is 0.0942. The summed E-state index contributed by atoms with van der Waals surface area (Å²) in [4.78, 5) is 17.4. The van der Waals surface area contributed by atoms with Crippen molar-refractivity contribution >= 4 is 29.1 Å². The molecule has 0 atom stereocenters. The van der Waals surface area contributed by atoms with Crippen molar-refractivity contribution in [1.29, 1.82) is 0 Å². The van der Waals surface area contributed by atoms with E-state index in [4.69, 9.17) is 37.4 Å². The summed E-state index contributed by atoms with van der Waals surface area (Å²) in [6.45, 7) is 0.594. The second-order valence-electron chi connectivity index (χ2n) is 5.63. The van der Waals surface area contributed by atoms with Crippen molar-refractivity contribution in [3.05, 3.63) is 58.1 Å². The van der Waals surface area contributed by atoms with E-state index in [1.54, 1.807) is 49.6 Å². The molecule has 0 aliphatic rings. The molecule has 9 heteroatoms. The number of aromatic nitrogens is 3. The van der Waals surface area contributed by atoms with Gasteiger partial charge in [0.05, 0.1) is 18.7 Å². The van der Waals surface area contributed by atoms with Crippen LogP contribution in [0.15, 0.2) is 42.5 Å². The van der Waals surface area contributed by atoms with E-state index < -0.39 is 5.91 Å². The summed E-state index contributed by atoms with van der Waals surface area (Å²) in [5.74, 6) is 0.379. The zero-order chi connectivity index (χ0) is 20.1. The van der Waals surface area contributed by atoms with Gasteiger partial charge in [0, 0.05) is 23.3 Å². The summed E-state index contributed by atoms with van der Waals surface area (Å²) in [6, 6.07) is 11.7. The van der Waals surface area contributed by atoms with Crippen LogP contribution in [0.5, 0.6) is 11.8 Å². The largest absolute Gasteiger partial charge is 0.497 e. The van der Waals surface area contributed by atoms with Crippen molar-refractivity contribution in [3.63, 3.8) is 0 Å². The molecule has 0 N–H and O–H groups in total.